The lowest BCUT2D eigenvalue weighted by Gasteiger charge is -2.00. The van der Waals surface area contributed by atoms with Crippen LogP contribution < -0.4 is 11.6 Å². The first-order chi connectivity index (χ1) is 5.25. The zero-order valence-corrected chi connectivity index (χ0v) is 6.28. The Hall–Kier alpha value is -1.58. The average Bonchev–Trinajstić information content (AvgIpc) is 2.04. The third-order valence-corrected chi connectivity index (χ3v) is 1.39. The second-order valence-electron chi connectivity index (χ2n) is 2.18. The molecular weight excluding hydrogens is 140 g/mol. The van der Waals surface area contributed by atoms with Gasteiger partial charge in [-0.05, 0) is 18.6 Å². The highest BCUT2D eigenvalue weighted by molar-refractivity contribution is 5.96. The van der Waals surface area contributed by atoms with Gasteiger partial charge < -0.3 is 11.6 Å². The Morgan fingerprint density at radius 2 is 2.36 bits per heavy atom. The largest absolute Gasteiger partial charge is 0.380 e. The summed E-state index contributed by atoms with van der Waals surface area (Å²) in [5.41, 5.74) is 7.08. The quantitative estimate of drug-likeness (QED) is 0.255. The van der Waals surface area contributed by atoms with E-state index < -0.39 is 0 Å². The van der Waals surface area contributed by atoms with E-state index in [0.29, 0.717) is 5.69 Å². The zero-order chi connectivity index (χ0) is 8.27. The SMILES string of the molecule is Cc1cccnc1C(N)=NN. The molecule has 1 heterocycles. The second kappa shape index (κ2) is 3.01. The topological polar surface area (TPSA) is 77.3 Å². The molecule has 0 saturated carbocycles. The molecule has 0 fully saturated rings. The van der Waals surface area contributed by atoms with Crippen molar-refractivity contribution in [2.75, 3.05) is 0 Å². The molecular formula is C7H10N4. The number of aromatic nitrogens is 1. The van der Waals surface area contributed by atoms with E-state index in [0.717, 1.165) is 5.56 Å². The maximum atomic E-state index is 5.46. The second-order valence-corrected chi connectivity index (χ2v) is 2.18. The molecule has 4 heteroatoms. The Labute approximate surface area is 64.9 Å². The van der Waals surface area contributed by atoms with Crippen LogP contribution in [0.2, 0.25) is 0 Å². The Balaban J connectivity index is 3.14. The van der Waals surface area contributed by atoms with Gasteiger partial charge in [0.25, 0.3) is 0 Å². The molecule has 11 heavy (non-hydrogen) atoms. The van der Waals surface area contributed by atoms with Gasteiger partial charge in [0, 0.05) is 6.20 Å². The predicted molar refractivity (Wildman–Crippen MR) is 43.9 cm³/mol. The first kappa shape index (κ1) is 7.53. The average molecular weight is 150 g/mol. The maximum Gasteiger partial charge on any atom is 0.169 e. The van der Waals surface area contributed by atoms with Gasteiger partial charge >= 0.3 is 0 Å². The Morgan fingerprint density at radius 1 is 1.64 bits per heavy atom. The molecule has 1 aromatic heterocycles. The van der Waals surface area contributed by atoms with E-state index in [2.05, 4.69) is 10.1 Å². The molecule has 0 aromatic carbocycles. The van der Waals surface area contributed by atoms with Crippen LogP contribution in [0.5, 0.6) is 0 Å². The molecule has 0 amide bonds. The molecule has 0 unspecified atom stereocenters. The Kier molecular flexibility index (Phi) is 2.06. The first-order valence-corrected chi connectivity index (χ1v) is 3.21. The number of pyridine rings is 1. The van der Waals surface area contributed by atoms with Crippen molar-refractivity contribution in [1.29, 1.82) is 0 Å². The van der Waals surface area contributed by atoms with Crippen molar-refractivity contribution >= 4 is 5.84 Å². The van der Waals surface area contributed by atoms with E-state index >= 15 is 0 Å². The molecule has 0 aliphatic carbocycles. The van der Waals surface area contributed by atoms with Crippen molar-refractivity contribution in [3.63, 3.8) is 0 Å². The molecule has 0 saturated heterocycles. The summed E-state index contributed by atoms with van der Waals surface area (Å²) < 4.78 is 0. The molecule has 1 rings (SSSR count). The van der Waals surface area contributed by atoms with Crippen molar-refractivity contribution in [3.05, 3.63) is 29.6 Å². The monoisotopic (exact) mass is 150 g/mol. The van der Waals surface area contributed by atoms with Crippen LogP contribution in [0.15, 0.2) is 23.4 Å². The van der Waals surface area contributed by atoms with Crippen molar-refractivity contribution in [3.8, 4) is 0 Å². The van der Waals surface area contributed by atoms with Gasteiger partial charge in [0.1, 0.15) is 5.69 Å². The minimum Gasteiger partial charge on any atom is -0.380 e. The highest BCUT2D eigenvalue weighted by Gasteiger charge is 2.01. The number of amidine groups is 1. The van der Waals surface area contributed by atoms with Gasteiger partial charge in [-0.2, -0.15) is 5.10 Å². The molecule has 0 radical (unpaired) electrons. The van der Waals surface area contributed by atoms with Crippen molar-refractivity contribution < 1.29 is 0 Å². The molecule has 4 N–H and O–H groups in total. The fourth-order valence-corrected chi connectivity index (χ4v) is 0.815. The van der Waals surface area contributed by atoms with E-state index in [1.807, 2.05) is 19.1 Å². The predicted octanol–water partition coefficient (Wildman–Crippen LogP) is -0.0310. The number of nitrogens with two attached hydrogens (primary N) is 2. The maximum absolute atomic E-state index is 5.46. The summed E-state index contributed by atoms with van der Waals surface area (Å²) >= 11 is 0. The smallest absolute Gasteiger partial charge is 0.169 e. The van der Waals surface area contributed by atoms with Crippen LogP contribution in [0, 0.1) is 6.92 Å². The van der Waals surface area contributed by atoms with Crippen LogP contribution in [0.4, 0.5) is 0 Å². The number of hydrogen-bond acceptors (Lipinski definition) is 3. The molecule has 4 nitrogen and oxygen atoms in total. The van der Waals surface area contributed by atoms with Crippen LogP contribution in [0.3, 0.4) is 0 Å². The number of hydrazone groups is 1. The highest BCUT2D eigenvalue weighted by Crippen LogP contribution is 2.01. The summed E-state index contributed by atoms with van der Waals surface area (Å²) in [5.74, 6) is 5.26. The summed E-state index contributed by atoms with van der Waals surface area (Å²) in [5, 5.41) is 3.35. The van der Waals surface area contributed by atoms with Crippen molar-refractivity contribution in [2.45, 2.75) is 6.92 Å². The van der Waals surface area contributed by atoms with Crippen molar-refractivity contribution in [1.82, 2.24) is 4.98 Å². The first-order valence-electron chi connectivity index (χ1n) is 3.21. The number of aryl methyl sites for hydroxylation is 1. The molecule has 0 aliphatic heterocycles. The number of rotatable bonds is 1. The summed E-state index contributed by atoms with van der Waals surface area (Å²) in [4.78, 5) is 4.01. The summed E-state index contributed by atoms with van der Waals surface area (Å²) in [6.07, 6.45) is 1.65. The molecule has 0 aliphatic rings. The number of nitrogens with zero attached hydrogens (tertiary/aromatic N) is 2. The summed E-state index contributed by atoms with van der Waals surface area (Å²) in [7, 11) is 0. The molecule has 1 aromatic rings. The molecule has 58 valence electrons. The van der Waals surface area contributed by atoms with Gasteiger partial charge in [0.2, 0.25) is 0 Å². The molecule has 0 spiro atoms. The fraction of sp³-hybridized carbons (Fsp3) is 0.143. The van der Waals surface area contributed by atoms with E-state index in [4.69, 9.17) is 11.6 Å². The summed E-state index contributed by atoms with van der Waals surface area (Å²) in [6.45, 7) is 1.90. The van der Waals surface area contributed by atoms with Crippen LogP contribution >= 0.6 is 0 Å². The van der Waals surface area contributed by atoms with E-state index in [1.54, 1.807) is 6.20 Å². The lowest BCUT2D eigenvalue weighted by molar-refractivity contribution is 1.17. The van der Waals surface area contributed by atoms with Gasteiger partial charge in [-0.15, -0.1) is 0 Å². The van der Waals surface area contributed by atoms with Gasteiger partial charge in [-0.1, -0.05) is 6.07 Å². The minimum atomic E-state index is 0.267. The zero-order valence-electron chi connectivity index (χ0n) is 6.28. The van der Waals surface area contributed by atoms with Crippen LogP contribution in [-0.2, 0) is 0 Å². The Bertz CT molecular complexity index is 280. The van der Waals surface area contributed by atoms with Gasteiger partial charge in [-0.25, -0.2) is 0 Å². The van der Waals surface area contributed by atoms with Gasteiger partial charge in [0.15, 0.2) is 5.84 Å². The lowest BCUT2D eigenvalue weighted by Crippen LogP contribution is -2.18. The van der Waals surface area contributed by atoms with Gasteiger partial charge in [-0.3, -0.25) is 4.98 Å². The minimum absolute atomic E-state index is 0.267. The third kappa shape index (κ3) is 1.46. The van der Waals surface area contributed by atoms with Crippen LogP contribution in [-0.4, -0.2) is 10.8 Å². The Morgan fingerprint density at radius 3 is 2.91 bits per heavy atom. The molecule has 0 bridgehead atoms. The third-order valence-electron chi connectivity index (χ3n) is 1.39. The van der Waals surface area contributed by atoms with E-state index in [-0.39, 0.29) is 5.84 Å². The normalized spacial score (nSPS) is 11.5. The highest BCUT2D eigenvalue weighted by atomic mass is 15.2. The summed E-state index contributed by atoms with van der Waals surface area (Å²) in [6, 6.07) is 3.74. The number of hydrogen-bond donors (Lipinski definition) is 2. The lowest BCUT2D eigenvalue weighted by atomic mass is 10.2. The van der Waals surface area contributed by atoms with E-state index in [9.17, 15) is 0 Å². The van der Waals surface area contributed by atoms with E-state index in [1.165, 1.54) is 0 Å². The van der Waals surface area contributed by atoms with Crippen molar-refractivity contribution in [2.24, 2.45) is 16.7 Å². The standard InChI is InChI=1S/C7H10N4/c1-5-3-2-4-10-6(5)7(8)11-9/h2-4H,9H2,1H3,(H2,8,11). The fourth-order valence-electron chi connectivity index (χ4n) is 0.815. The van der Waals surface area contributed by atoms with Crippen LogP contribution in [0.25, 0.3) is 0 Å². The van der Waals surface area contributed by atoms with Crippen LogP contribution in [0.1, 0.15) is 11.3 Å². The molecule has 0 atom stereocenters. The van der Waals surface area contributed by atoms with Gasteiger partial charge in [0.05, 0.1) is 0 Å².